The summed E-state index contributed by atoms with van der Waals surface area (Å²) in [7, 11) is 0. The molecule has 0 atom stereocenters. The Balaban J connectivity index is 1.39. The fourth-order valence-electron chi connectivity index (χ4n) is 4.07. The van der Waals surface area contributed by atoms with Crippen LogP contribution in [0.5, 0.6) is 5.75 Å². The predicted octanol–water partition coefficient (Wildman–Crippen LogP) is 6.34. The lowest BCUT2D eigenvalue weighted by Crippen LogP contribution is -2.34. The molecule has 172 valence electrons. The topological polar surface area (TPSA) is 83.9 Å². The van der Waals surface area contributed by atoms with Crippen LogP contribution in [0.2, 0.25) is 0 Å². The number of nitrogens with zero attached hydrogens (tertiary/aromatic N) is 1. The second-order valence-corrected chi connectivity index (χ2v) is 10.1. The van der Waals surface area contributed by atoms with Gasteiger partial charge in [0.2, 0.25) is 0 Å². The minimum Gasteiger partial charge on any atom is -0.488 e. The van der Waals surface area contributed by atoms with Crippen molar-refractivity contribution in [3.05, 3.63) is 68.5 Å². The number of aromatic carboxylic acids is 1. The normalized spacial score (nSPS) is 18.2. The van der Waals surface area contributed by atoms with E-state index in [2.05, 4.69) is 15.9 Å². The Hall–Kier alpha value is -2.58. The molecule has 6 nitrogen and oxygen atoms in total. The number of rotatable bonds is 7. The smallest absolute Gasteiger partial charge is 0.335 e. The van der Waals surface area contributed by atoms with Gasteiger partial charge in [0.05, 0.1) is 14.9 Å². The summed E-state index contributed by atoms with van der Waals surface area (Å²) < 4.78 is 6.56. The van der Waals surface area contributed by atoms with Gasteiger partial charge in [0, 0.05) is 6.54 Å². The highest BCUT2D eigenvalue weighted by Crippen LogP contribution is 2.36. The third-order valence-electron chi connectivity index (χ3n) is 5.89. The maximum atomic E-state index is 12.8. The summed E-state index contributed by atoms with van der Waals surface area (Å²) in [4.78, 5) is 38.0. The molecule has 0 radical (unpaired) electrons. The number of carboxylic acids is 1. The van der Waals surface area contributed by atoms with Crippen LogP contribution in [0.25, 0.3) is 6.08 Å². The molecule has 8 heteroatoms. The molecule has 0 aromatic heterocycles. The molecule has 2 amide bonds. The summed E-state index contributed by atoms with van der Waals surface area (Å²) in [6.07, 6.45) is 7.49. The minimum absolute atomic E-state index is 0.190. The zero-order chi connectivity index (χ0) is 23.4. The maximum Gasteiger partial charge on any atom is 0.335 e. The molecule has 4 rings (SSSR count). The molecule has 33 heavy (non-hydrogen) atoms. The Kier molecular flexibility index (Phi) is 7.55. The summed E-state index contributed by atoms with van der Waals surface area (Å²) in [6.45, 7) is 0.809. The van der Waals surface area contributed by atoms with Gasteiger partial charge in [-0.3, -0.25) is 14.5 Å². The van der Waals surface area contributed by atoms with Crippen molar-refractivity contribution in [2.75, 3.05) is 6.54 Å². The van der Waals surface area contributed by atoms with Crippen molar-refractivity contribution >= 4 is 50.9 Å². The van der Waals surface area contributed by atoms with Gasteiger partial charge in [0.1, 0.15) is 12.4 Å². The SMILES string of the molecule is O=C(O)c1ccc(COc2ccc(/C=C3/SC(=O)N(CC4CCCCC4)C3=O)cc2Br)cc1. The molecule has 1 aliphatic carbocycles. The van der Waals surface area contributed by atoms with E-state index < -0.39 is 5.97 Å². The van der Waals surface area contributed by atoms with Crippen LogP contribution in [0, 0.1) is 5.92 Å². The molecule has 0 bridgehead atoms. The maximum absolute atomic E-state index is 12.8. The highest BCUT2D eigenvalue weighted by atomic mass is 79.9. The number of halogens is 1. The molecule has 0 spiro atoms. The molecular weight excluding hydrogens is 506 g/mol. The number of carbonyl (C=O) groups excluding carboxylic acids is 2. The van der Waals surface area contributed by atoms with Gasteiger partial charge in [-0.15, -0.1) is 0 Å². The van der Waals surface area contributed by atoms with Crippen LogP contribution < -0.4 is 4.74 Å². The molecule has 1 saturated carbocycles. The highest BCUT2D eigenvalue weighted by Gasteiger charge is 2.36. The van der Waals surface area contributed by atoms with Crippen molar-refractivity contribution in [3.63, 3.8) is 0 Å². The van der Waals surface area contributed by atoms with Crippen molar-refractivity contribution < 1.29 is 24.2 Å². The molecule has 1 saturated heterocycles. The lowest BCUT2D eigenvalue weighted by atomic mass is 9.89. The second kappa shape index (κ2) is 10.6. The number of benzene rings is 2. The molecule has 0 unspecified atom stereocenters. The quantitative estimate of drug-likeness (QED) is 0.421. The zero-order valence-electron chi connectivity index (χ0n) is 18.0. The van der Waals surface area contributed by atoms with Gasteiger partial charge in [-0.25, -0.2) is 4.79 Å². The van der Waals surface area contributed by atoms with Gasteiger partial charge in [-0.1, -0.05) is 37.5 Å². The number of hydrogen-bond donors (Lipinski definition) is 1. The lowest BCUT2D eigenvalue weighted by molar-refractivity contribution is -0.123. The summed E-state index contributed by atoms with van der Waals surface area (Å²) in [5, 5.41) is 8.79. The van der Waals surface area contributed by atoms with Crippen molar-refractivity contribution in [2.24, 2.45) is 5.92 Å². The number of imide groups is 1. The van der Waals surface area contributed by atoms with Gasteiger partial charge in [-0.05, 0) is 87.9 Å². The summed E-state index contributed by atoms with van der Waals surface area (Å²) in [5.74, 6) is -0.137. The van der Waals surface area contributed by atoms with Gasteiger partial charge in [-0.2, -0.15) is 0 Å². The number of ether oxygens (including phenoxy) is 1. The number of carbonyl (C=O) groups is 3. The number of thioether (sulfide) groups is 1. The largest absolute Gasteiger partial charge is 0.488 e. The van der Waals surface area contributed by atoms with Gasteiger partial charge in [0.15, 0.2) is 0 Å². The average Bonchev–Trinajstić information content (AvgIpc) is 3.07. The summed E-state index contributed by atoms with van der Waals surface area (Å²) >= 11 is 4.50. The van der Waals surface area contributed by atoms with Crippen LogP contribution in [-0.4, -0.2) is 33.7 Å². The van der Waals surface area contributed by atoms with E-state index >= 15 is 0 Å². The Morgan fingerprint density at radius 2 is 1.85 bits per heavy atom. The molecule has 2 fully saturated rings. The van der Waals surface area contributed by atoms with E-state index in [0.717, 1.165) is 40.2 Å². The standard InChI is InChI=1S/C25H24BrNO5S/c26-20-12-18(8-11-21(20)32-15-17-6-9-19(10-7-17)24(29)30)13-22-23(28)27(25(31)33-22)14-16-4-2-1-3-5-16/h6-13,16H,1-5,14-15H2,(H,29,30)/b22-13+. The Labute approximate surface area is 205 Å². The molecule has 2 aliphatic rings. The first-order valence-electron chi connectivity index (χ1n) is 10.9. The van der Waals surface area contributed by atoms with E-state index in [9.17, 15) is 14.4 Å². The van der Waals surface area contributed by atoms with Crippen molar-refractivity contribution in [1.82, 2.24) is 4.90 Å². The lowest BCUT2D eigenvalue weighted by Gasteiger charge is -2.25. The van der Waals surface area contributed by atoms with Crippen LogP contribution in [0.1, 0.15) is 53.6 Å². The molecular formula is C25H24BrNO5S. The predicted molar refractivity (Wildman–Crippen MR) is 131 cm³/mol. The minimum atomic E-state index is -0.965. The highest BCUT2D eigenvalue weighted by molar-refractivity contribution is 9.10. The molecule has 1 aliphatic heterocycles. The van der Waals surface area contributed by atoms with Crippen LogP contribution in [-0.2, 0) is 11.4 Å². The average molecular weight is 530 g/mol. The second-order valence-electron chi connectivity index (χ2n) is 8.28. The van der Waals surface area contributed by atoms with Crippen LogP contribution in [0.15, 0.2) is 51.8 Å². The van der Waals surface area contributed by atoms with Gasteiger partial charge in [0.25, 0.3) is 11.1 Å². The third kappa shape index (κ3) is 5.86. The molecule has 2 aromatic rings. The van der Waals surface area contributed by atoms with Crippen molar-refractivity contribution in [1.29, 1.82) is 0 Å². The van der Waals surface area contributed by atoms with E-state index in [4.69, 9.17) is 9.84 Å². The van der Waals surface area contributed by atoms with Crippen LogP contribution in [0.4, 0.5) is 4.79 Å². The first kappa shape index (κ1) is 23.6. The summed E-state index contributed by atoms with van der Waals surface area (Å²) in [5.41, 5.74) is 1.87. The van der Waals surface area contributed by atoms with Gasteiger partial charge < -0.3 is 9.84 Å². The van der Waals surface area contributed by atoms with Crippen LogP contribution >= 0.6 is 27.7 Å². The number of amides is 2. The zero-order valence-corrected chi connectivity index (χ0v) is 20.4. The monoisotopic (exact) mass is 529 g/mol. The molecule has 2 aromatic carbocycles. The fourth-order valence-corrected chi connectivity index (χ4v) is 5.42. The van der Waals surface area contributed by atoms with E-state index in [1.54, 1.807) is 36.4 Å². The Morgan fingerprint density at radius 3 is 2.52 bits per heavy atom. The Bertz CT molecular complexity index is 1090. The summed E-state index contributed by atoms with van der Waals surface area (Å²) in [6, 6.07) is 12.0. The van der Waals surface area contributed by atoms with E-state index in [1.807, 2.05) is 12.1 Å². The fraction of sp³-hybridized carbons (Fsp3) is 0.320. The van der Waals surface area contributed by atoms with E-state index in [0.29, 0.717) is 23.1 Å². The third-order valence-corrected chi connectivity index (χ3v) is 7.42. The first-order chi connectivity index (χ1) is 15.9. The van der Waals surface area contributed by atoms with Crippen LogP contribution in [0.3, 0.4) is 0 Å². The first-order valence-corrected chi connectivity index (χ1v) is 12.5. The van der Waals surface area contributed by atoms with Crippen molar-refractivity contribution in [3.8, 4) is 5.75 Å². The van der Waals surface area contributed by atoms with Gasteiger partial charge >= 0.3 is 5.97 Å². The number of hydrogen-bond acceptors (Lipinski definition) is 5. The molecule has 1 N–H and O–H groups in total. The molecule has 1 heterocycles. The van der Waals surface area contributed by atoms with Crippen molar-refractivity contribution in [2.45, 2.75) is 38.7 Å². The van der Waals surface area contributed by atoms with E-state index in [1.165, 1.54) is 24.2 Å². The Morgan fingerprint density at radius 1 is 1.12 bits per heavy atom. The number of carboxylic acid groups (broad SMARTS) is 1. The van der Waals surface area contributed by atoms with E-state index in [-0.39, 0.29) is 23.3 Å².